The van der Waals surface area contributed by atoms with E-state index in [9.17, 15) is 20.2 Å². The average molecular weight is 348 g/mol. The fraction of sp³-hybridized carbons (Fsp3) is 0.333. The van der Waals surface area contributed by atoms with Gasteiger partial charge in [-0.1, -0.05) is 6.07 Å². The van der Waals surface area contributed by atoms with Crippen LogP contribution in [0.4, 0.5) is 17.1 Å². The van der Waals surface area contributed by atoms with Crippen molar-refractivity contribution in [2.75, 3.05) is 31.1 Å². The highest BCUT2D eigenvalue weighted by molar-refractivity contribution is 7.09. The molecule has 126 valence electrons. The van der Waals surface area contributed by atoms with Gasteiger partial charge >= 0.3 is 0 Å². The smallest absolute Gasteiger partial charge is 0.299 e. The summed E-state index contributed by atoms with van der Waals surface area (Å²) in [6, 6.07) is 7.95. The van der Waals surface area contributed by atoms with Crippen molar-refractivity contribution in [1.82, 2.24) is 4.90 Å². The van der Waals surface area contributed by atoms with Gasteiger partial charge in [-0.05, 0) is 17.5 Å². The summed E-state index contributed by atoms with van der Waals surface area (Å²) in [4.78, 5) is 26.4. The predicted molar refractivity (Wildman–Crippen MR) is 91.6 cm³/mol. The number of hydrogen-bond donors (Lipinski definition) is 0. The standard InChI is InChI=1S/C15H16N4O4S/c20-18(21)12-3-4-14(15(10-12)19(22)23)17-7-5-16(6-8-17)11-13-2-1-9-24-13/h1-4,9-10H,5-8,11H2. The second-order valence-corrected chi connectivity index (χ2v) is 6.56. The summed E-state index contributed by atoms with van der Waals surface area (Å²) in [6.45, 7) is 3.79. The van der Waals surface area contributed by atoms with Crippen LogP contribution >= 0.6 is 11.3 Å². The summed E-state index contributed by atoms with van der Waals surface area (Å²) in [6.07, 6.45) is 0. The first-order valence-corrected chi connectivity index (χ1v) is 8.35. The van der Waals surface area contributed by atoms with E-state index >= 15 is 0 Å². The maximum Gasteiger partial charge on any atom is 0.299 e. The molecule has 0 aliphatic carbocycles. The highest BCUT2D eigenvalue weighted by atomic mass is 32.1. The largest absolute Gasteiger partial charge is 0.363 e. The van der Waals surface area contributed by atoms with Crippen molar-refractivity contribution >= 4 is 28.4 Å². The van der Waals surface area contributed by atoms with Crippen LogP contribution in [0.3, 0.4) is 0 Å². The number of thiophene rings is 1. The van der Waals surface area contributed by atoms with E-state index in [2.05, 4.69) is 11.0 Å². The number of nitrogens with zero attached hydrogens (tertiary/aromatic N) is 4. The van der Waals surface area contributed by atoms with E-state index in [4.69, 9.17) is 0 Å². The summed E-state index contributed by atoms with van der Waals surface area (Å²) in [5.74, 6) is 0. The topological polar surface area (TPSA) is 92.8 Å². The van der Waals surface area contributed by atoms with Crippen molar-refractivity contribution in [2.24, 2.45) is 0 Å². The average Bonchev–Trinajstić information content (AvgIpc) is 3.08. The van der Waals surface area contributed by atoms with E-state index in [0.29, 0.717) is 18.8 Å². The van der Waals surface area contributed by atoms with Crippen LogP contribution in [0.15, 0.2) is 35.7 Å². The van der Waals surface area contributed by atoms with Crippen molar-refractivity contribution < 1.29 is 9.85 Å². The number of nitro groups is 2. The van der Waals surface area contributed by atoms with Gasteiger partial charge in [-0.25, -0.2) is 0 Å². The molecule has 8 nitrogen and oxygen atoms in total. The highest BCUT2D eigenvalue weighted by Crippen LogP contribution is 2.32. The summed E-state index contributed by atoms with van der Waals surface area (Å²) in [5.41, 5.74) is -0.0286. The molecule has 0 N–H and O–H groups in total. The van der Waals surface area contributed by atoms with Crippen molar-refractivity contribution in [3.8, 4) is 0 Å². The van der Waals surface area contributed by atoms with Gasteiger partial charge in [0.05, 0.1) is 15.9 Å². The molecule has 0 spiro atoms. The highest BCUT2D eigenvalue weighted by Gasteiger charge is 2.26. The van der Waals surface area contributed by atoms with Gasteiger partial charge in [0, 0.05) is 43.7 Å². The SMILES string of the molecule is O=[N+]([O-])c1ccc(N2CCN(Cc3cccs3)CC2)c([N+](=O)[O-])c1. The lowest BCUT2D eigenvalue weighted by molar-refractivity contribution is -0.393. The summed E-state index contributed by atoms with van der Waals surface area (Å²) < 4.78 is 0. The minimum Gasteiger partial charge on any atom is -0.363 e. The van der Waals surface area contributed by atoms with Gasteiger partial charge in [-0.15, -0.1) is 11.3 Å². The third-order valence-corrected chi connectivity index (χ3v) is 4.90. The Hall–Kier alpha value is -2.52. The van der Waals surface area contributed by atoms with Crippen LogP contribution in [-0.2, 0) is 6.54 Å². The van der Waals surface area contributed by atoms with Crippen molar-refractivity contribution in [2.45, 2.75) is 6.54 Å². The Morgan fingerprint density at radius 3 is 2.38 bits per heavy atom. The molecular weight excluding hydrogens is 332 g/mol. The lowest BCUT2D eigenvalue weighted by Gasteiger charge is -2.35. The van der Waals surface area contributed by atoms with E-state index < -0.39 is 9.85 Å². The Morgan fingerprint density at radius 2 is 1.79 bits per heavy atom. The third kappa shape index (κ3) is 3.52. The predicted octanol–water partition coefficient (Wildman–Crippen LogP) is 2.89. The van der Waals surface area contributed by atoms with Crippen LogP contribution in [0.1, 0.15) is 4.88 Å². The first kappa shape index (κ1) is 16.3. The van der Waals surface area contributed by atoms with Crippen LogP contribution < -0.4 is 4.90 Å². The minimum atomic E-state index is -0.615. The molecule has 3 rings (SSSR count). The first-order valence-electron chi connectivity index (χ1n) is 7.47. The molecule has 1 aromatic heterocycles. The molecule has 1 saturated heterocycles. The number of piperazine rings is 1. The van der Waals surface area contributed by atoms with Gasteiger partial charge in [0.15, 0.2) is 0 Å². The molecule has 1 aliphatic rings. The number of rotatable bonds is 5. The zero-order valence-corrected chi connectivity index (χ0v) is 13.6. The fourth-order valence-electron chi connectivity index (χ4n) is 2.81. The summed E-state index contributed by atoms with van der Waals surface area (Å²) in [5, 5.41) is 24.1. The van der Waals surface area contributed by atoms with Gasteiger partial charge < -0.3 is 4.90 Å². The Labute approximate surface area is 142 Å². The quantitative estimate of drug-likeness (QED) is 0.609. The molecule has 0 atom stereocenters. The van der Waals surface area contributed by atoms with E-state index in [-0.39, 0.29) is 11.4 Å². The molecule has 0 bridgehead atoms. The van der Waals surface area contributed by atoms with Crippen molar-refractivity contribution in [1.29, 1.82) is 0 Å². The molecule has 2 aromatic rings. The summed E-state index contributed by atoms with van der Waals surface area (Å²) in [7, 11) is 0. The second-order valence-electron chi connectivity index (χ2n) is 5.53. The monoisotopic (exact) mass is 348 g/mol. The number of non-ortho nitro benzene ring substituents is 1. The Balaban J connectivity index is 1.71. The molecule has 0 radical (unpaired) electrons. The van der Waals surface area contributed by atoms with E-state index in [1.807, 2.05) is 16.3 Å². The number of nitro benzene ring substituents is 2. The number of benzene rings is 1. The molecule has 0 amide bonds. The lowest BCUT2D eigenvalue weighted by Crippen LogP contribution is -2.46. The lowest BCUT2D eigenvalue weighted by atomic mass is 10.2. The molecule has 24 heavy (non-hydrogen) atoms. The summed E-state index contributed by atoms with van der Waals surface area (Å²) >= 11 is 1.72. The Bertz CT molecular complexity index is 742. The van der Waals surface area contributed by atoms with Gasteiger partial charge in [-0.2, -0.15) is 0 Å². The molecule has 0 unspecified atom stereocenters. The van der Waals surface area contributed by atoms with Crippen LogP contribution in [0.2, 0.25) is 0 Å². The van der Waals surface area contributed by atoms with E-state index in [1.54, 1.807) is 11.3 Å². The van der Waals surface area contributed by atoms with Crippen molar-refractivity contribution in [3.05, 3.63) is 60.8 Å². The zero-order chi connectivity index (χ0) is 17.1. The number of hydrogen-bond acceptors (Lipinski definition) is 7. The molecular formula is C15H16N4O4S. The van der Waals surface area contributed by atoms with Gasteiger partial charge in [0.1, 0.15) is 5.69 Å². The molecule has 1 fully saturated rings. The van der Waals surface area contributed by atoms with Gasteiger partial charge in [-0.3, -0.25) is 25.1 Å². The molecule has 2 heterocycles. The van der Waals surface area contributed by atoms with Crippen LogP contribution in [0.25, 0.3) is 0 Å². The Kier molecular flexibility index (Phi) is 4.72. The maximum absolute atomic E-state index is 11.3. The van der Waals surface area contributed by atoms with E-state index in [0.717, 1.165) is 25.7 Å². The molecule has 1 aromatic carbocycles. The van der Waals surface area contributed by atoms with Gasteiger partial charge in [0.2, 0.25) is 0 Å². The zero-order valence-electron chi connectivity index (χ0n) is 12.8. The molecule has 9 heteroatoms. The second kappa shape index (κ2) is 6.93. The first-order chi connectivity index (χ1) is 11.5. The minimum absolute atomic E-state index is 0.212. The fourth-order valence-corrected chi connectivity index (χ4v) is 3.56. The molecule has 0 saturated carbocycles. The van der Waals surface area contributed by atoms with Gasteiger partial charge in [0.25, 0.3) is 11.4 Å². The normalized spacial score (nSPS) is 15.4. The molecule has 1 aliphatic heterocycles. The Morgan fingerprint density at radius 1 is 1.04 bits per heavy atom. The van der Waals surface area contributed by atoms with Crippen molar-refractivity contribution in [3.63, 3.8) is 0 Å². The van der Waals surface area contributed by atoms with Crippen LogP contribution in [0, 0.1) is 20.2 Å². The van der Waals surface area contributed by atoms with Crippen LogP contribution in [0.5, 0.6) is 0 Å². The number of anilines is 1. The third-order valence-electron chi connectivity index (χ3n) is 4.04. The van der Waals surface area contributed by atoms with Crippen LogP contribution in [-0.4, -0.2) is 40.9 Å². The van der Waals surface area contributed by atoms with E-state index in [1.165, 1.54) is 17.0 Å². The maximum atomic E-state index is 11.3.